The topological polar surface area (TPSA) is 23.5 Å². The number of likely N-dealkylation sites (tertiary alicyclic amines) is 1. The first-order chi connectivity index (χ1) is 9.19. The maximum atomic E-state index is 8.71. The van der Waals surface area contributed by atoms with Gasteiger partial charge in [0, 0.05) is 34.8 Å². The van der Waals surface area contributed by atoms with Crippen LogP contribution in [0.3, 0.4) is 0 Å². The van der Waals surface area contributed by atoms with Crippen LogP contribution in [0.5, 0.6) is 0 Å². The summed E-state index contributed by atoms with van der Waals surface area (Å²) in [6.45, 7) is 7.11. The average Bonchev–Trinajstić information content (AvgIpc) is 2.81. The van der Waals surface area contributed by atoms with E-state index in [-0.39, 0.29) is 6.61 Å². The molecule has 1 aliphatic rings. The highest BCUT2D eigenvalue weighted by molar-refractivity contribution is 7.10. The molecule has 19 heavy (non-hydrogen) atoms. The van der Waals surface area contributed by atoms with Crippen LogP contribution in [0.15, 0.2) is 11.4 Å². The summed E-state index contributed by atoms with van der Waals surface area (Å²) in [4.78, 5) is 3.98. The van der Waals surface area contributed by atoms with E-state index in [0.717, 1.165) is 18.0 Å². The van der Waals surface area contributed by atoms with Gasteiger partial charge in [-0.1, -0.05) is 18.8 Å². The van der Waals surface area contributed by atoms with Crippen molar-refractivity contribution in [2.75, 3.05) is 13.2 Å². The van der Waals surface area contributed by atoms with Gasteiger partial charge in [0.15, 0.2) is 0 Å². The van der Waals surface area contributed by atoms with Gasteiger partial charge in [-0.25, -0.2) is 0 Å². The van der Waals surface area contributed by atoms with E-state index in [1.807, 2.05) is 0 Å². The fraction of sp³-hybridized carbons (Fsp3) is 0.625. The number of aliphatic hydroxyl groups is 1. The number of nitrogens with zero attached hydrogens (tertiary/aromatic N) is 1. The minimum atomic E-state index is 0.146. The highest BCUT2D eigenvalue weighted by Gasteiger charge is 2.22. The van der Waals surface area contributed by atoms with Crippen molar-refractivity contribution in [2.45, 2.75) is 45.7 Å². The van der Waals surface area contributed by atoms with Gasteiger partial charge in [-0.05, 0) is 38.3 Å². The van der Waals surface area contributed by atoms with Crippen molar-refractivity contribution in [3.8, 4) is 11.8 Å². The van der Waals surface area contributed by atoms with Crippen molar-refractivity contribution < 1.29 is 5.11 Å². The molecule has 104 valence electrons. The van der Waals surface area contributed by atoms with Crippen LogP contribution in [0.1, 0.15) is 43.6 Å². The van der Waals surface area contributed by atoms with E-state index in [9.17, 15) is 0 Å². The van der Waals surface area contributed by atoms with Crippen LogP contribution in [0.25, 0.3) is 0 Å². The van der Waals surface area contributed by atoms with Gasteiger partial charge in [0.25, 0.3) is 0 Å². The summed E-state index contributed by atoms with van der Waals surface area (Å²) >= 11 is 1.80. The minimum absolute atomic E-state index is 0.146. The largest absolute Gasteiger partial charge is 0.395 e. The molecule has 1 fully saturated rings. The fourth-order valence-electron chi connectivity index (χ4n) is 2.64. The molecule has 0 bridgehead atoms. The summed E-state index contributed by atoms with van der Waals surface area (Å²) in [5, 5.41) is 10.8. The minimum Gasteiger partial charge on any atom is -0.395 e. The summed E-state index contributed by atoms with van der Waals surface area (Å²) in [7, 11) is 0. The second-order valence-electron chi connectivity index (χ2n) is 5.53. The molecule has 0 spiro atoms. The lowest BCUT2D eigenvalue weighted by molar-refractivity contribution is 0.123. The number of thiophene rings is 1. The zero-order chi connectivity index (χ0) is 13.7. The number of aliphatic hydroxyl groups excluding tert-OH is 1. The molecule has 0 amide bonds. The molecule has 1 aliphatic heterocycles. The molecular weight excluding hydrogens is 254 g/mol. The number of hydrogen-bond donors (Lipinski definition) is 1. The van der Waals surface area contributed by atoms with Gasteiger partial charge in [-0.3, -0.25) is 4.90 Å². The molecule has 1 aromatic heterocycles. The van der Waals surface area contributed by atoms with Crippen molar-refractivity contribution in [1.82, 2.24) is 4.90 Å². The van der Waals surface area contributed by atoms with E-state index in [0.29, 0.717) is 12.5 Å². The third-order valence-electron chi connectivity index (χ3n) is 3.76. The number of piperidine rings is 1. The molecular formula is C16H23NOS. The van der Waals surface area contributed by atoms with Crippen LogP contribution in [-0.4, -0.2) is 29.2 Å². The first-order valence-electron chi connectivity index (χ1n) is 7.10. The van der Waals surface area contributed by atoms with Crippen molar-refractivity contribution in [3.63, 3.8) is 0 Å². The SMILES string of the molecule is CC1CCN(Cc2cc(C#CCCO)cs2)C(C)C1. The second-order valence-corrected chi connectivity index (χ2v) is 6.52. The smallest absolute Gasteiger partial charge is 0.0540 e. The Bertz CT molecular complexity index is 457. The Hall–Kier alpha value is -0.820. The van der Waals surface area contributed by atoms with Gasteiger partial charge >= 0.3 is 0 Å². The maximum absolute atomic E-state index is 8.71. The van der Waals surface area contributed by atoms with Crippen LogP contribution in [-0.2, 0) is 6.54 Å². The monoisotopic (exact) mass is 277 g/mol. The zero-order valence-corrected chi connectivity index (χ0v) is 12.7. The van der Waals surface area contributed by atoms with E-state index in [2.05, 4.69) is 42.0 Å². The lowest BCUT2D eigenvalue weighted by Crippen LogP contribution is -2.39. The van der Waals surface area contributed by atoms with Gasteiger partial charge in [-0.15, -0.1) is 11.3 Å². The summed E-state index contributed by atoms with van der Waals surface area (Å²) in [5.74, 6) is 6.95. The van der Waals surface area contributed by atoms with Crippen molar-refractivity contribution in [1.29, 1.82) is 0 Å². The highest BCUT2D eigenvalue weighted by atomic mass is 32.1. The van der Waals surface area contributed by atoms with Crippen LogP contribution in [0.4, 0.5) is 0 Å². The number of rotatable bonds is 3. The molecule has 0 radical (unpaired) electrons. The Morgan fingerprint density at radius 2 is 2.32 bits per heavy atom. The van der Waals surface area contributed by atoms with E-state index in [1.165, 1.54) is 24.3 Å². The van der Waals surface area contributed by atoms with Gasteiger partial charge in [-0.2, -0.15) is 0 Å². The Labute approximate surface area is 120 Å². The third-order valence-corrected chi connectivity index (χ3v) is 4.68. The molecule has 2 nitrogen and oxygen atoms in total. The first kappa shape index (κ1) is 14.6. The standard InChI is InChI=1S/C16H23NOS/c1-13-6-7-17(14(2)9-13)11-16-10-15(12-19-16)5-3-4-8-18/h10,12-14,18H,4,6-9,11H2,1-2H3. The van der Waals surface area contributed by atoms with Gasteiger partial charge in [0.2, 0.25) is 0 Å². The number of hydrogen-bond acceptors (Lipinski definition) is 3. The van der Waals surface area contributed by atoms with E-state index < -0.39 is 0 Å². The lowest BCUT2D eigenvalue weighted by atomic mass is 9.93. The molecule has 0 saturated carbocycles. The lowest BCUT2D eigenvalue weighted by Gasteiger charge is -2.36. The van der Waals surface area contributed by atoms with Gasteiger partial charge in [0.1, 0.15) is 0 Å². The van der Waals surface area contributed by atoms with Crippen molar-refractivity contribution >= 4 is 11.3 Å². The molecule has 2 unspecified atom stereocenters. The molecule has 1 N–H and O–H groups in total. The second kappa shape index (κ2) is 7.09. The van der Waals surface area contributed by atoms with Crippen LogP contribution in [0.2, 0.25) is 0 Å². The molecule has 2 heterocycles. The van der Waals surface area contributed by atoms with Gasteiger partial charge in [0.05, 0.1) is 6.61 Å². The molecule has 0 aromatic carbocycles. The molecule has 2 rings (SSSR count). The Kier molecular flexibility index (Phi) is 5.45. The summed E-state index contributed by atoms with van der Waals surface area (Å²) in [6, 6.07) is 2.88. The summed E-state index contributed by atoms with van der Waals surface area (Å²) < 4.78 is 0. The Morgan fingerprint density at radius 1 is 1.47 bits per heavy atom. The quantitative estimate of drug-likeness (QED) is 0.858. The van der Waals surface area contributed by atoms with Gasteiger partial charge < -0.3 is 5.11 Å². The normalized spacial score (nSPS) is 23.9. The van der Waals surface area contributed by atoms with E-state index >= 15 is 0 Å². The molecule has 1 saturated heterocycles. The predicted octanol–water partition coefficient (Wildman–Crippen LogP) is 3.10. The van der Waals surface area contributed by atoms with Crippen LogP contribution >= 0.6 is 11.3 Å². The first-order valence-corrected chi connectivity index (χ1v) is 7.98. The molecule has 3 heteroatoms. The van der Waals surface area contributed by atoms with Crippen LogP contribution in [0, 0.1) is 17.8 Å². The van der Waals surface area contributed by atoms with E-state index in [1.54, 1.807) is 11.3 Å². The highest BCUT2D eigenvalue weighted by Crippen LogP contribution is 2.25. The molecule has 2 atom stereocenters. The van der Waals surface area contributed by atoms with Crippen LogP contribution < -0.4 is 0 Å². The van der Waals surface area contributed by atoms with Crippen molar-refractivity contribution in [3.05, 3.63) is 21.9 Å². The summed E-state index contributed by atoms with van der Waals surface area (Å²) in [5.41, 5.74) is 1.09. The molecule has 1 aromatic rings. The average molecular weight is 277 g/mol. The van der Waals surface area contributed by atoms with Crippen molar-refractivity contribution in [2.24, 2.45) is 5.92 Å². The zero-order valence-electron chi connectivity index (χ0n) is 11.9. The maximum Gasteiger partial charge on any atom is 0.0540 e. The Morgan fingerprint density at radius 3 is 3.05 bits per heavy atom. The van der Waals surface area contributed by atoms with E-state index in [4.69, 9.17) is 5.11 Å². The third kappa shape index (κ3) is 4.35. The predicted molar refractivity (Wildman–Crippen MR) is 81.2 cm³/mol. The fourth-order valence-corrected chi connectivity index (χ4v) is 3.48. The summed E-state index contributed by atoms with van der Waals surface area (Å²) in [6.07, 6.45) is 3.19. The molecule has 0 aliphatic carbocycles. The Balaban J connectivity index is 1.91.